The summed E-state index contributed by atoms with van der Waals surface area (Å²) in [6.07, 6.45) is 1.51. The van der Waals surface area contributed by atoms with Gasteiger partial charge in [-0.25, -0.2) is 4.39 Å². The van der Waals surface area contributed by atoms with Gasteiger partial charge in [-0.15, -0.1) is 23.7 Å². The van der Waals surface area contributed by atoms with Crippen LogP contribution in [0, 0.1) is 11.7 Å². The zero-order valence-electron chi connectivity index (χ0n) is 25.9. The third-order valence-electron chi connectivity index (χ3n) is 7.67. The number of fused-ring (bicyclic) bond motifs is 1. The Kier molecular flexibility index (Phi) is 11.4. The number of pyridine rings is 1. The Morgan fingerprint density at radius 2 is 1.64 bits per heavy atom. The summed E-state index contributed by atoms with van der Waals surface area (Å²) in [5.74, 6) is 0.581. The largest absolute Gasteiger partial charge is 0.497 e. The van der Waals surface area contributed by atoms with E-state index < -0.39 is 0 Å². The lowest BCUT2D eigenvalue weighted by Gasteiger charge is -2.23. The van der Waals surface area contributed by atoms with E-state index in [1.165, 1.54) is 11.6 Å². The fraction of sp³-hybridized carbons (Fsp3) is 0.306. The van der Waals surface area contributed by atoms with Gasteiger partial charge in [-0.3, -0.25) is 9.69 Å². The van der Waals surface area contributed by atoms with E-state index in [4.69, 9.17) is 9.47 Å². The zero-order valence-corrected chi connectivity index (χ0v) is 27.5. The Hall–Kier alpha value is -3.49. The number of benzene rings is 3. The lowest BCUT2D eigenvalue weighted by molar-refractivity contribution is 0.0285. The highest BCUT2D eigenvalue weighted by molar-refractivity contribution is 7.22. The maximum Gasteiger partial charge on any atom is 0.196 e. The van der Waals surface area contributed by atoms with Gasteiger partial charge in [-0.05, 0) is 66.9 Å². The van der Waals surface area contributed by atoms with Crippen molar-refractivity contribution in [2.24, 2.45) is 5.92 Å². The van der Waals surface area contributed by atoms with E-state index in [0.29, 0.717) is 36.2 Å². The van der Waals surface area contributed by atoms with Gasteiger partial charge in [0.25, 0.3) is 0 Å². The second-order valence-corrected chi connectivity index (χ2v) is 12.2. The van der Waals surface area contributed by atoms with Crippen LogP contribution >= 0.6 is 23.7 Å². The molecule has 0 aliphatic carbocycles. The molecule has 0 amide bonds. The van der Waals surface area contributed by atoms with Crippen LogP contribution in [-0.4, -0.2) is 30.2 Å². The van der Waals surface area contributed by atoms with Crippen molar-refractivity contribution in [3.05, 3.63) is 123 Å². The van der Waals surface area contributed by atoms with Gasteiger partial charge in [0.15, 0.2) is 5.43 Å². The summed E-state index contributed by atoms with van der Waals surface area (Å²) in [6.45, 7) is 8.16. The van der Waals surface area contributed by atoms with Crippen molar-refractivity contribution in [2.75, 3.05) is 20.8 Å². The van der Waals surface area contributed by atoms with E-state index in [0.717, 1.165) is 33.1 Å². The summed E-state index contributed by atoms with van der Waals surface area (Å²) in [5, 5.41) is 0.676. The number of ether oxygens (including phenoxy) is 2. The molecule has 8 heteroatoms. The third kappa shape index (κ3) is 7.24. The van der Waals surface area contributed by atoms with Crippen molar-refractivity contribution < 1.29 is 13.9 Å². The first-order valence-corrected chi connectivity index (χ1v) is 15.5. The number of thiophene rings is 1. The van der Waals surface area contributed by atoms with Gasteiger partial charge < -0.3 is 14.0 Å². The van der Waals surface area contributed by atoms with Crippen molar-refractivity contribution in [3.63, 3.8) is 0 Å². The molecule has 3 aromatic carbocycles. The molecule has 0 N–H and O–H groups in total. The first-order valence-electron chi connectivity index (χ1n) is 14.7. The Morgan fingerprint density at radius 1 is 0.955 bits per heavy atom. The molecular formula is C36H40ClFN2O3S. The Labute approximate surface area is 269 Å². The van der Waals surface area contributed by atoms with E-state index in [-0.39, 0.29) is 35.7 Å². The van der Waals surface area contributed by atoms with Crippen LogP contribution in [0.4, 0.5) is 4.39 Å². The molecule has 0 spiro atoms. The fourth-order valence-electron chi connectivity index (χ4n) is 5.62. The second kappa shape index (κ2) is 15.0. The van der Waals surface area contributed by atoms with Crippen molar-refractivity contribution in [1.29, 1.82) is 0 Å². The molecule has 5 aromatic rings. The molecule has 5 rings (SSSR count). The smallest absolute Gasteiger partial charge is 0.196 e. The molecule has 0 aliphatic heterocycles. The Bertz CT molecular complexity index is 1730. The van der Waals surface area contributed by atoms with Crippen molar-refractivity contribution in [1.82, 2.24) is 9.47 Å². The SMILES string of the molecule is CCOC(c1cn(Cc2ccccc2F)c2sc(-c3ccc(OC)cc3)c(CN(C)Cc3ccccc3)c2c1=O)C(C)C.Cl. The molecule has 0 bridgehead atoms. The summed E-state index contributed by atoms with van der Waals surface area (Å²) in [7, 11) is 3.73. The summed E-state index contributed by atoms with van der Waals surface area (Å²) in [4.78, 5) is 18.6. The number of hydrogen-bond acceptors (Lipinski definition) is 5. The number of nitrogens with zero attached hydrogens (tertiary/aromatic N) is 2. The minimum absolute atomic E-state index is 0. The Balaban J connectivity index is 0.00000442. The van der Waals surface area contributed by atoms with E-state index in [1.54, 1.807) is 30.6 Å². The molecule has 232 valence electrons. The third-order valence-corrected chi connectivity index (χ3v) is 8.98. The van der Waals surface area contributed by atoms with Gasteiger partial charge >= 0.3 is 0 Å². The summed E-state index contributed by atoms with van der Waals surface area (Å²) in [6, 6.07) is 25.1. The highest BCUT2D eigenvalue weighted by atomic mass is 35.5. The Morgan fingerprint density at radius 3 is 2.27 bits per heavy atom. The quantitative estimate of drug-likeness (QED) is 0.138. The van der Waals surface area contributed by atoms with E-state index in [2.05, 4.69) is 37.9 Å². The maximum atomic E-state index is 14.9. The van der Waals surface area contributed by atoms with Crippen LogP contribution in [0.3, 0.4) is 0 Å². The van der Waals surface area contributed by atoms with E-state index in [9.17, 15) is 9.18 Å². The normalized spacial score (nSPS) is 12.1. The van der Waals surface area contributed by atoms with Gasteiger partial charge in [0.05, 0.1) is 25.1 Å². The van der Waals surface area contributed by atoms with Crippen LogP contribution in [0.2, 0.25) is 0 Å². The van der Waals surface area contributed by atoms with Crippen LogP contribution < -0.4 is 10.2 Å². The fourth-order valence-corrected chi connectivity index (χ4v) is 6.91. The average Bonchev–Trinajstić information content (AvgIpc) is 3.38. The highest BCUT2D eigenvalue weighted by Gasteiger charge is 2.27. The van der Waals surface area contributed by atoms with E-state index >= 15 is 0 Å². The molecule has 0 fully saturated rings. The molecule has 2 aromatic heterocycles. The topological polar surface area (TPSA) is 43.7 Å². The summed E-state index contributed by atoms with van der Waals surface area (Å²) < 4.78 is 28.6. The summed E-state index contributed by atoms with van der Waals surface area (Å²) in [5.41, 5.74) is 4.32. The van der Waals surface area contributed by atoms with Crippen LogP contribution in [0.15, 0.2) is 89.9 Å². The number of halogens is 2. The first kappa shape index (κ1) is 33.4. The summed E-state index contributed by atoms with van der Waals surface area (Å²) >= 11 is 1.58. The molecule has 0 aliphatic rings. The van der Waals surface area contributed by atoms with Gasteiger partial charge in [0.1, 0.15) is 16.4 Å². The maximum absolute atomic E-state index is 14.9. The molecule has 0 saturated carbocycles. The second-order valence-electron chi connectivity index (χ2n) is 11.2. The van der Waals surface area contributed by atoms with Crippen LogP contribution in [0.1, 0.15) is 49.1 Å². The highest BCUT2D eigenvalue weighted by Crippen LogP contribution is 2.40. The minimum Gasteiger partial charge on any atom is -0.497 e. The molecule has 44 heavy (non-hydrogen) atoms. The lowest BCUT2D eigenvalue weighted by atomic mass is 9.97. The predicted molar refractivity (Wildman–Crippen MR) is 182 cm³/mol. The van der Waals surface area contributed by atoms with Crippen molar-refractivity contribution in [2.45, 2.75) is 46.5 Å². The first-order chi connectivity index (χ1) is 20.8. The molecule has 2 heterocycles. The molecule has 1 atom stereocenters. The predicted octanol–water partition coefficient (Wildman–Crippen LogP) is 8.71. The number of hydrogen-bond donors (Lipinski definition) is 0. The van der Waals surface area contributed by atoms with Crippen molar-refractivity contribution in [3.8, 4) is 16.2 Å². The molecule has 0 radical (unpaired) electrons. The van der Waals surface area contributed by atoms with Crippen LogP contribution in [0.25, 0.3) is 20.7 Å². The van der Waals surface area contributed by atoms with Gasteiger partial charge in [0, 0.05) is 41.9 Å². The van der Waals surface area contributed by atoms with Crippen LogP contribution in [-0.2, 0) is 24.4 Å². The molecule has 0 saturated heterocycles. The average molecular weight is 635 g/mol. The molecule has 5 nitrogen and oxygen atoms in total. The number of methoxy groups -OCH3 is 1. The molecular weight excluding hydrogens is 595 g/mol. The van der Waals surface area contributed by atoms with Gasteiger partial charge in [0.2, 0.25) is 0 Å². The monoisotopic (exact) mass is 634 g/mol. The number of aromatic nitrogens is 1. The van der Waals surface area contributed by atoms with Crippen molar-refractivity contribution >= 4 is 34.0 Å². The lowest BCUT2D eigenvalue weighted by Crippen LogP contribution is -2.24. The minimum atomic E-state index is -0.381. The standard InChI is InChI=1S/C36H39FN2O3S.ClH/c1-6-42-34(24(2)3)30-23-39(21-27-14-10-11-15-31(27)37)36-32(33(30)40)29(22-38(4)20-25-12-8-7-9-13-25)35(43-36)26-16-18-28(41-5)19-17-26;/h7-19,23-24,34H,6,20-22H2,1-5H3;1H. The van der Waals surface area contributed by atoms with Gasteiger partial charge in [-0.1, -0.05) is 62.4 Å². The zero-order chi connectivity index (χ0) is 30.5. The van der Waals surface area contributed by atoms with Gasteiger partial charge in [-0.2, -0.15) is 0 Å². The number of rotatable bonds is 12. The van der Waals surface area contributed by atoms with E-state index in [1.807, 2.05) is 66.2 Å². The van der Waals surface area contributed by atoms with Crippen LogP contribution in [0.5, 0.6) is 5.75 Å². The molecule has 1 unspecified atom stereocenters.